The van der Waals surface area contributed by atoms with Crippen molar-refractivity contribution in [2.45, 2.75) is 38.4 Å². The average Bonchev–Trinajstić information content (AvgIpc) is 3.14. The maximum atomic E-state index is 5.67. The minimum atomic E-state index is 0.769. The Hall–Kier alpha value is -0.450. The molecule has 0 amide bonds. The van der Waals surface area contributed by atoms with Crippen molar-refractivity contribution in [3.63, 3.8) is 0 Å². The van der Waals surface area contributed by atoms with Crippen molar-refractivity contribution in [2.24, 2.45) is 0 Å². The Balaban J connectivity index is 1.48. The van der Waals surface area contributed by atoms with Gasteiger partial charge < -0.3 is 9.73 Å². The van der Waals surface area contributed by atoms with E-state index in [0.29, 0.717) is 0 Å². The summed E-state index contributed by atoms with van der Waals surface area (Å²) in [6.07, 6.45) is 5.91. The molecule has 2 heterocycles. The van der Waals surface area contributed by atoms with Crippen LogP contribution in [0.25, 0.3) is 0 Å². The van der Waals surface area contributed by atoms with E-state index < -0.39 is 0 Å². The third kappa shape index (κ3) is 3.77. The lowest BCUT2D eigenvalue weighted by Crippen LogP contribution is -2.25. The molecule has 1 aliphatic heterocycles. The zero-order chi connectivity index (χ0) is 12.2. The van der Waals surface area contributed by atoms with Crippen LogP contribution in [0.2, 0.25) is 0 Å². The molecular formula is C14H22N2OS. The minimum Gasteiger partial charge on any atom is -0.468 e. The molecule has 4 heteroatoms. The fourth-order valence-corrected chi connectivity index (χ4v) is 3.25. The summed E-state index contributed by atoms with van der Waals surface area (Å²) in [5, 5.41) is 3.52. The Morgan fingerprint density at radius 2 is 2.28 bits per heavy atom. The summed E-state index contributed by atoms with van der Waals surface area (Å²) in [5.74, 6) is 3.69. The molecule has 1 aliphatic carbocycles. The predicted molar refractivity (Wildman–Crippen MR) is 75.8 cm³/mol. The molecule has 1 saturated heterocycles. The van der Waals surface area contributed by atoms with E-state index >= 15 is 0 Å². The van der Waals surface area contributed by atoms with Gasteiger partial charge in [-0.3, -0.25) is 4.90 Å². The monoisotopic (exact) mass is 266 g/mol. The van der Waals surface area contributed by atoms with Crippen LogP contribution in [0, 0.1) is 0 Å². The van der Waals surface area contributed by atoms with Crippen molar-refractivity contribution in [1.82, 2.24) is 10.2 Å². The molecule has 2 aliphatic rings. The third-order valence-corrected chi connectivity index (χ3v) is 4.62. The van der Waals surface area contributed by atoms with Crippen LogP contribution in [0.15, 0.2) is 16.7 Å². The lowest BCUT2D eigenvalue weighted by molar-refractivity contribution is 0.262. The number of nitrogens with one attached hydrogen (secondary N) is 1. The molecule has 0 spiro atoms. The fourth-order valence-electron chi connectivity index (χ4n) is 2.33. The van der Waals surface area contributed by atoms with Crippen LogP contribution < -0.4 is 5.32 Å². The molecule has 0 unspecified atom stereocenters. The molecule has 3 nitrogen and oxygen atoms in total. The number of nitrogens with zero attached hydrogens (tertiary/aromatic N) is 1. The average molecular weight is 266 g/mol. The van der Waals surface area contributed by atoms with Crippen molar-refractivity contribution in [2.75, 3.05) is 24.6 Å². The van der Waals surface area contributed by atoms with Crippen molar-refractivity contribution in [3.8, 4) is 0 Å². The topological polar surface area (TPSA) is 28.4 Å². The van der Waals surface area contributed by atoms with E-state index in [9.17, 15) is 0 Å². The zero-order valence-electron chi connectivity index (χ0n) is 10.9. The Labute approximate surface area is 113 Å². The van der Waals surface area contributed by atoms with Crippen molar-refractivity contribution in [1.29, 1.82) is 0 Å². The zero-order valence-corrected chi connectivity index (χ0v) is 11.7. The van der Waals surface area contributed by atoms with E-state index in [-0.39, 0.29) is 0 Å². The van der Waals surface area contributed by atoms with Crippen molar-refractivity contribution >= 4 is 11.8 Å². The van der Waals surface area contributed by atoms with Gasteiger partial charge in [0.25, 0.3) is 0 Å². The van der Waals surface area contributed by atoms with Crippen LogP contribution in [0.4, 0.5) is 0 Å². The molecule has 0 bridgehead atoms. The number of hydrogen-bond acceptors (Lipinski definition) is 4. The molecule has 100 valence electrons. The van der Waals surface area contributed by atoms with Crippen LogP contribution in [-0.2, 0) is 13.1 Å². The van der Waals surface area contributed by atoms with Crippen LogP contribution in [-0.4, -0.2) is 35.5 Å². The largest absolute Gasteiger partial charge is 0.468 e. The fraction of sp³-hybridized carbons (Fsp3) is 0.714. The molecular weight excluding hydrogens is 244 g/mol. The van der Waals surface area contributed by atoms with E-state index in [2.05, 4.69) is 28.0 Å². The van der Waals surface area contributed by atoms with Crippen LogP contribution >= 0.6 is 11.8 Å². The van der Waals surface area contributed by atoms with E-state index in [1.54, 1.807) is 0 Å². The second-order valence-electron chi connectivity index (χ2n) is 5.32. The molecule has 0 radical (unpaired) electrons. The smallest absolute Gasteiger partial charge is 0.118 e. The first-order valence-corrected chi connectivity index (χ1v) is 8.15. The highest BCUT2D eigenvalue weighted by atomic mass is 32.2. The normalized spacial score (nSPS) is 22.0. The summed E-state index contributed by atoms with van der Waals surface area (Å²) in [7, 11) is 0. The van der Waals surface area contributed by atoms with Gasteiger partial charge in [-0.15, -0.1) is 0 Å². The van der Waals surface area contributed by atoms with E-state index in [1.165, 1.54) is 49.4 Å². The highest BCUT2D eigenvalue weighted by Crippen LogP contribution is 2.20. The van der Waals surface area contributed by atoms with Gasteiger partial charge in [0.1, 0.15) is 5.76 Å². The van der Waals surface area contributed by atoms with Crippen LogP contribution in [0.3, 0.4) is 0 Å². The minimum absolute atomic E-state index is 0.769. The quantitative estimate of drug-likeness (QED) is 0.886. The van der Waals surface area contributed by atoms with E-state index in [4.69, 9.17) is 4.42 Å². The maximum absolute atomic E-state index is 5.67. The maximum Gasteiger partial charge on any atom is 0.118 e. The first-order valence-electron chi connectivity index (χ1n) is 7.00. The number of furan rings is 1. The Morgan fingerprint density at radius 1 is 1.33 bits per heavy atom. The highest BCUT2D eigenvalue weighted by Gasteiger charge is 2.20. The molecule has 3 rings (SSSR count). The number of rotatable bonds is 5. The number of thioether (sulfide) groups is 1. The molecule has 1 N–H and O–H groups in total. The summed E-state index contributed by atoms with van der Waals surface area (Å²) in [6.45, 7) is 4.35. The summed E-state index contributed by atoms with van der Waals surface area (Å²) in [5.41, 5.74) is 1.29. The van der Waals surface area contributed by atoms with Crippen LogP contribution in [0.1, 0.15) is 30.6 Å². The van der Waals surface area contributed by atoms with Crippen molar-refractivity contribution in [3.05, 3.63) is 23.7 Å². The predicted octanol–water partition coefficient (Wildman–Crippen LogP) is 2.47. The Bertz CT molecular complexity index is 368. The summed E-state index contributed by atoms with van der Waals surface area (Å²) in [6, 6.07) is 2.99. The van der Waals surface area contributed by atoms with Gasteiger partial charge in [0.15, 0.2) is 0 Å². The lowest BCUT2D eigenvalue weighted by atomic mass is 10.3. The molecule has 0 atom stereocenters. The van der Waals surface area contributed by atoms with Crippen molar-refractivity contribution < 1.29 is 4.42 Å². The van der Waals surface area contributed by atoms with Gasteiger partial charge in [-0.1, -0.05) is 0 Å². The van der Waals surface area contributed by atoms with E-state index in [0.717, 1.165) is 24.9 Å². The summed E-state index contributed by atoms with van der Waals surface area (Å²) in [4.78, 5) is 2.51. The highest BCUT2D eigenvalue weighted by molar-refractivity contribution is 7.99. The first kappa shape index (κ1) is 12.6. The van der Waals surface area contributed by atoms with Gasteiger partial charge in [-0.2, -0.15) is 11.8 Å². The van der Waals surface area contributed by atoms with Crippen LogP contribution in [0.5, 0.6) is 0 Å². The van der Waals surface area contributed by atoms with Gasteiger partial charge in [-0.05, 0) is 37.6 Å². The Kier molecular flexibility index (Phi) is 4.28. The molecule has 0 aromatic carbocycles. The molecule has 18 heavy (non-hydrogen) atoms. The van der Waals surface area contributed by atoms with Gasteiger partial charge in [0.2, 0.25) is 0 Å². The Morgan fingerprint density at radius 3 is 3.17 bits per heavy atom. The first-order chi connectivity index (χ1) is 8.90. The second kappa shape index (κ2) is 6.13. The molecule has 1 saturated carbocycles. The lowest BCUT2D eigenvalue weighted by Gasteiger charge is -2.17. The second-order valence-corrected chi connectivity index (χ2v) is 6.54. The summed E-state index contributed by atoms with van der Waals surface area (Å²) < 4.78 is 5.67. The van der Waals surface area contributed by atoms with Gasteiger partial charge in [0, 0.05) is 30.4 Å². The standard InChI is InChI=1S/C14H22N2OS/c1-4-16(5-7-18-6-1)10-14-8-12(11-17-14)9-15-13-2-3-13/h8,11,13,15H,1-7,9-10H2. The van der Waals surface area contributed by atoms with Gasteiger partial charge in [0.05, 0.1) is 12.8 Å². The van der Waals surface area contributed by atoms with E-state index in [1.807, 2.05) is 6.26 Å². The number of hydrogen-bond donors (Lipinski definition) is 1. The summed E-state index contributed by atoms with van der Waals surface area (Å²) >= 11 is 2.07. The molecule has 2 fully saturated rings. The third-order valence-electron chi connectivity index (χ3n) is 3.57. The molecule has 1 aromatic rings. The van der Waals surface area contributed by atoms with Gasteiger partial charge >= 0.3 is 0 Å². The van der Waals surface area contributed by atoms with Gasteiger partial charge in [-0.25, -0.2) is 0 Å². The SMILES string of the molecule is c1oc(CN2CCCSCC2)cc1CNC1CC1. The molecule has 1 aromatic heterocycles.